The first kappa shape index (κ1) is 20.2. The number of hydrogen-bond donors (Lipinski definition) is 1. The molecule has 1 N–H and O–H groups in total. The van der Waals surface area contributed by atoms with Crippen LogP contribution in [0.25, 0.3) is 0 Å². The van der Waals surface area contributed by atoms with Gasteiger partial charge in [0, 0.05) is 38.3 Å². The van der Waals surface area contributed by atoms with Gasteiger partial charge in [0.25, 0.3) is 0 Å². The van der Waals surface area contributed by atoms with Crippen molar-refractivity contribution in [2.45, 2.75) is 11.4 Å². The molecular weight excluding hydrogens is 395 g/mol. The summed E-state index contributed by atoms with van der Waals surface area (Å²) in [5.74, 6) is -2.08. The molecule has 28 heavy (non-hydrogen) atoms. The average molecular weight is 413 g/mol. The molecule has 1 aliphatic rings. The maximum atomic E-state index is 13.8. The number of carbonyl (C=O) groups is 1. The van der Waals surface area contributed by atoms with Crippen LogP contribution in [0.2, 0.25) is 0 Å². The maximum Gasteiger partial charge on any atom is 0.317 e. The summed E-state index contributed by atoms with van der Waals surface area (Å²) < 4.78 is 66.8. The van der Waals surface area contributed by atoms with Gasteiger partial charge in [0.1, 0.15) is 22.3 Å². The van der Waals surface area contributed by atoms with E-state index in [4.69, 9.17) is 0 Å². The number of amides is 2. The smallest absolute Gasteiger partial charge is 0.317 e. The number of rotatable bonds is 4. The first-order valence-electron chi connectivity index (χ1n) is 8.50. The molecule has 2 aromatic rings. The van der Waals surface area contributed by atoms with Crippen LogP contribution in [-0.4, -0.2) is 49.8 Å². The van der Waals surface area contributed by atoms with Crippen molar-refractivity contribution in [3.05, 3.63) is 65.5 Å². The van der Waals surface area contributed by atoms with Gasteiger partial charge in [0.15, 0.2) is 0 Å². The third-order valence-electron chi connectivity index (χ3n) is 4.42. The van der Waals surface area contributed by atoms with E-state index in [1.54, 1.807) is 0 Å². The van der Waals surface area contributed by atoms with Crippen LogP contribution in [0.1, 0.15) is 5.56 Å². The van der Waals surface area contributed by atoms with E-state index in [0.29, 0.717) is 0 Å². The molecule has 1 heterocycles. The number of sulfonamides is 1. The highest BCUT2D eigenvalue weighted by atomic mass is 32.2. The monoisotopic (exact) mass is 413 g/mol. The fourth-order valence-corrected chi connectivity index (χ4v) is 4.37. The second kappa shape index (κ2) is 8.19. The van der Waals surface area contributed by atoms with Crippen molar-refractivity contribution in [2.24, 2.45) is 0 Å². The normalized spacial score (nSPS) is 15.5. The quantitative estimate of drug-likeness (QED) is 0.837. The van der Waals surface area contributed by atoms with E-state index in [2.05, 4.69) is 5.32 Å². The first-order chi connectivity index (χ1) is 13.3. The lowest BCUT2D eigenvalue weighted by Gasteiger charge is -2.34. The van der Waals surface area contributed by atoms with Crippen LogP contribution >= 0.6 is 0 Å². The van der Waals surface area contributed by atoms with Gasteiger partial charge in [-0.3, -0.25) is 0 Å². The van der Waals surface area contributed by atoms with Crippen molar-refractivity contribution < 1.29 is 26.4 Å². The summed E-state index contributed by atoms with van der Waals surface area (Å²) in [6.07, 6.45) is 0. The van der Waals surface area contributed by atoms with Gasteiger partial charge in [-0.2, -0.15) is 4.31 Å². The minimum absolute atomic E-state index is 0.00157. The molecule has 2 amide bonds. The van der Waals surface area contributed by atoms with Gasteiger partial charge in [0.05, 0.1) is 0 Å². The predicted molar refractivity (Wildman–Crippen MR) is 95.3 cm³/mol. The van der Waals surface area contributed by atoms with Gasteiger partial charge in [-0.1, -0.05) is 12.1 Å². The van der Waals surface area contributed by atoms with E-state index in [-0.39, 0.29) is 38.3 Å². The zero-order chi connectivity index (χ0) is 20.3. The highest BCUT2D eigenvalue weighted by Gasteiger charge is 2.31. The van der Waals surface area contributed by atoms with Gasteiger partial charge >= 0.3 is 6.03 Å². The van der Waals surface area contributed by atoms with Gasteiger partial charge in [-0.25, -0.2) is 26.4 Å². The first-order valence-corrected chi connectivity index (χ1v) is 9.94. The summed E-state index contributed by atoms with van der Waals surface area (Å²) in [6, 6.07) is 7.53. The van der Waals surface area contributed by atoms with Crippen LogP contribution in [0.5, 0.6) is 0 Å². The fourth-order valence-electron chi connectivity index (χ4n) is 2.89. The lowest BCUT2D eigenvalue weighted by Crippen LogP contribution is -2.53. The predicted octanol–water partition coefficient (Wildman–Crippen LogP) is 2.32. The molecule has 1 fully saturated rings. The molecular formula is C18H18F3N3O3S. The molecule has 1 saturated heterocycles. The number of carbonyl (C=O) groups excluding carboxylic acids is 1. The van der Waals surface area contributed by atoms with Crippen LogP contribution in [-0.2, 0) is 16.6 Å². The Morgan fingerprint density at radius 3 is 2.32 bits per heavy atom. The Morgan fingerprint density at radius 1 is 0.964 bits per heavy atom. The summed E-state index contributed by atoms with van der Waals surface area (Å²) in [7, 11) is -4.00. The number of piperazine rings is 1. The Labute approximate surface area is 160 Å². The minimum Gasteiger partial charge on any atom is -0.334 e. The molecule has 0 saturated carbocycles. The number of hydrogen-bond acceptors (Lipinski definition) is 3. The van der Waals surface area contributed by atoms with Crippen molar-refractivity contribution in [2.75, 3.05) is 26.2 Å². The van der Waals surface area contributed by atoms with Crippen LogP contribution in [0, 0.1) is 17.5 Å². The van der Waals surface area contributed by atoms with Gasteiger partial charge < -0.3 is 10.2 Å². The zero-order valence-corrected chi connectivity index (χ0v) is 15.6. The second-order valence-corrected chi connectivity index (χ2v) is 8.12. The van der Waals surface area contributed by atoms with E-state index >= 15 is 0 Å². The molecule has 2 aromatic carbocycles. The van der Waals surface area contributed by atoms with Crippen molar-refractivity contribution in [3.8, 4) is 0 Å². The third-order valence-corrected chi connectivity index (χ3v) is 6.35. The van der Waals surface area contributed by atoms with E-state index < -0.39 is 38.4 Å². The van der Waals surface area contributed by atoms with Crippen LogP contribution in [0.15, 0.2) is 47.4 Å². The largest absolute Gasteiger partial charge is 0.334 e. The molecule has 0 unspecified atom stereocenters. The average Bonchev–Trinajstić information content (AvgIpc) is 2.68. The molecule has 0 aromatic heterocycles. The molecule has 6 nitrogen and oxygen atoms in total. The minimum atomic E-state index is -4.00. The van der Waals surface area contributed by atoms with Crippen LogP contribution in [0.3, 0.4) is 0 Å². The molecule has 0 bridgehead atoms. The lowest BCUT2D eigenvalue weighted by atomic mass is 10.2. The molecule has 150 valence electrons. The standard InChI is InChI=1S/C18H18F3N3O3S/c19-14-5-6-15(20)13(11-14)12-22-18(25)23-7-9-24(10-8-23)28(26,27)17-4-2-1-3-16(17)21/h1-6,11H,7-10,12H2,(H,22,25). The molecule has 0 atom stereocenters. The molecule has 10 heteroatoms. The summed E-state index contributed by atoms with van der Waals surface area (Å²) in [4.78, 5) is 13.2. The molecule has 0 spiro atoms. The highest BCUT2D eigenvalue weighted by Crippen LogP contribution is 2.20. The number of benzene rings is 2. The number of urea groups is 1. The van der Waals surface area contributed by atoms with Crippen LogP contribution < -0.4 is 5.32 Å². The Kier molecular flexibility index (Phi) is 5.90. The number of halogens is 3. The van der Waals surface area contributed by atoms with Gasteiger partial charge in [-0.05, 0) is 30.3 Å². The van der Waals surface area contributed by atoms with Crippen molar-refractivity contribution in [1.29, 1.82) is 0 Å². The van der Waals surface area contributed by atoms with Crippen LogP contribution in [0.4, 0.5) is 18.0 Å². The topological polar surface area (TPSA) is 69.7 Å². The fraction of sp³-hybridized carbons (Fsp3) is 0.278. The summed E-state index contributed by atoms with van der Waals surface area (Å²) in [5, 5.41) is 2.48. The van der Waals surface area contributed by atoms with Gasteiger partial charge in [-0.15, -0.1) is 0 Å². The van der Waals surface area contributed by atoms with E-state index in [0.717, 1.165) is 28.6 Å². The summed E-state index contributed by atoms with van der Waals surface area (Å²) in [6.45, 7) is -0.0245. The Hall–Kier alpha value is -2.59. The lowest BCUT2D eigenvalue weighted by molar-refractivity contribution is 0.171. The van der Waals surface area contributed by atoms with E-state index in [1.165, 1.54) is 23.1 Å². The molecule has 0 aliphatic carbocycles. The van der Waals surface area contributed by atoms with Crippen molar-refractivity contribution in [1.82, 2.24) is 14.5 Å². The molecule has 3 rings (SSSR count). The molecule has 1 aliphatic heterocycles. The number of nitrogens with zero attached hydrogens (tertiary/aromatic N) is 2. The molecule has 0 radical (unpaired) electrons. The highest BCUT2D eigenvalue weighted by molar-refractivity contribution is 7.89. The SMILES string of the molecule is O=C(NCc1cc(F)ccc1F)N1CCN(S(=O)(=O)c2ccccc2F)CC1. The van der Waals surface area contributed by atoms with Crippen molar-refractivity contribution >= 4 is 16.1 Å². The zero-order valence-electron chi connectivity index (χ0n) is 14.7. The summed E-state index contributed by atoms with van der Waals surface area (Å²) >= 11 is 0. The third kappa shape index (κ3) is 4.28. The van der Waals surface area contributed by atoms with E-state index in [1.807, 2.05) is 0 Å². The summed E-state index contributed by atoms with van der Waals surface area (Å²) in [5.41, 5.74) is 0.00844. The number of nitrogens with one attached hydrogen (secondary N) is 1. The Morgan fingerprint density at radius 2 is 1.64 bits per heavy atom. The second-order valence-electron chi connectivity index (χ2n) is 6.22. The Bertz CT molecular complexity index is 977. The van der Waals surface area contributed by atoms with Gasteiger partial charge in [0.2, 0.25) is 10.0 Å². The van der Waals surface area contributed by atoms with E-state index in [9.17, 15) is 26.4 Å². The Balaban J connectivity index is 1.58. The van der Waals surface area contributed by atoms with Crippen molar-refractivity contribution in [3.63, 3.8) is 0 Å². The maximum absolute atomic E-state index is 13.8.